The maximum atomic E-state index is 13.3. The van der Waals surface area contributed by atoms with E-state index < -0.39 is 0 Å². The lowest BCUT2D eigenvalue weighted by atomic mass is 9.88. The minimum atomic E-state index is -0.274. The third-order valence-electron chi connectivity index (χ3n) is 4.78. The third kappa shape index (κ3) is 4.59. The van der Waals surface area contributed by atoms with E-state index in [2.05, 4.69) is 11.9 Å². The highest BCUT2D eigenvalue weighted by atomic mass is 35.5. The Balaban J connectivity index is 1.82. The van der Waals surface area contributed by atoms with Crippen molar-refractivity contribution in [1.82, 2.24) is 9.80 Å². The van der Waals surface area contributed by atoms with Gasteiger partial charge in [0.1, 0.15) is 5.82 Å². The maximum Gasteiger partial charge on any atom is 0.223 e. The van der Waals surface area contributed by atoms with Gasteiger partial charge in [-0.1, -0.05) is 35.9 Å². The number of amides is 1. The molecule has 0 radical (unpaired) electrons. The number of hydrogen-bond donors (Lipinski definition) is 0. The van der Waals surface area contributed by atoms with Gasteiger partial charge in [-0.05, 0) is 42.4 Å². The average molecular weight is 361 g/mol. The Kier molecular flexibility index (Phi) is 5.71. The number of nitrogens with zero attached hydrogens (tertiary/aromatic N) is 2. The highest BCUT2D eigenvalue weighted by Gasteiger charge is 2.24. The molecule has 1 saturated heterocycles. The van der Waals surface area contributed by atoms with Crippen LogP contribution in [-0.2, 0) is 4.79 Å². The van der Waals surface area contributed by atoms with E-state index in [1.54, 1.807) is 12.1 Å². The smallest absolute Gasteiger partial charge is 0.223 e. The van der Waals surface area contributed by atoms with Crippen LogP contribution in [0.25, 0.3) is 0 Å². The van der Waals surface area contributed by atoms with Crippen molar-refractivity contribution in [1.29, 1.82) is 0 Å². The van der Waals surface area contributed by atoms with E-state index in [0.29, 0.717) is 11.4 Å². The van der Waals surface area contributed by atoms with Gasteiger partial charge in [-0.2, -0.15) is 0 Å². The number of carbonyl (C=O) groups is 1. The van der Waals surface area contributed by atoms with Gasteiger partial charge in [0, 0.05) is 43.5 Å². The topological polar surface area (TPSA) is 23.6 Å². The molecule has 0 saturated carbocycles. The Morgan fingerprint density at radius 1 is 1.00 bits per heavy atom. The maximum absolute atomic E-state index is 13.3. The fourth-order valence-corrected chi connectivity index (χ4v) is 3.30. The molecule has 1 amide bonds. The molecule has 0 bridgehead atoms. The second kappa shape index (κ2) is 7.98. The van der Waals surface area contributed by atoms with Crippen LogP contribution in [0.15, 0.2) is 48.5 Å². The van der Waals surface area contributed by atoms with Crippen LogP contribution in [0.3, 0.4) is 0 Å². The predicted octanol–water partition coefficient (Wildman–Crippen LogP) is 3.78. The Morgan fingerprint density at radius 2 is 1.52 bits per heavy atom. The lowest BCUT2D eigenvalue weighted by molar-refractivity contribution is -0.133. The van der Waals surface area contributed by atoms with Crippen molar-refractivity contribution in [2.24, 2.45) is 0 Å². The summed E-state index contributed by atoms with van der Waals surface area (Å²) in [4.78, 5) is 16.9. The summed E-state index contributed by atoms with van der Waals surface area (Å²) >= 11 is 5.99. The molecule has 25 heavy (non-hydrogen) atoms. The summed E-state index contributed by atoms with van der Waals surface area (Å²) in [6.45, 7) is 3.31. The summed E-state index contributed by atoms with van der Waals surface area (Å²) in [6, 6.07) is 13.9. The third-order valence-corrected chi connectivity index (χ3v) is 5.03. The quantitative estimate of drug-likeness (QED) is 0.828. The fourth-order valence-electron chi connectivity index (χ4n) is 3.18. The molecule has 0 spiro atoms. The largest absolute Gasteiger partial charge is 0.340 e. The van der Waals surface area contributed by atoms with Crippen LogP contribution >= 0.6 is 11.6 Å². The highest BCUT2D eigenvalue weighted by Crippen LogP contribution is 2.30. The van der Waals surface area contributed by atoms with Gasteiger partial charge in [-0.3, -0.25) is 4.79 Å². The molecular weight excluding hydrogens is 339 g/mol. The molecule has 5 heteroatoms. The molecule has 2 aromatic carbocycles. The molecule has 3 rings (SSSR count). The summed E-state index contributed by atoms with van der Waals surface area (Å²) < 4.78 is 13.3. The van der Waals surface area contributed by atoms with E-state index in [1.165, 1.54) is 12.1 Å². The number of carbonyl (C=O) groups excluding carboxylic acids is 1. The van der Waals surface area contributed by atoms with Crippen molar-refractivity contribution in [3.05, 3.63) is 70.5 Å². The first-order valence-corrected chi connectivity index (χ1v) is 8.88. The first kappa shape index (κ1) is 17.9. The Labute approximate surface area is 153 Å². The zero-order chi connectivity index (χ0) is 17.8. The van der Waals surface area contributed by atoms with E-state index in [4.69, 9.17) is 11.6 Å². The van der Waals surface area contributed by atoms with Gasteiger partial charge in [0.05, 0.1) is 0 Å². The molecule has 1 fully saturated rings. The van der Waals surface area contributed by atoms with E-state index in [1.807, 2.05) is 29.2 Å². The lowest BCUT2D eigenvalue weighted by Gasteiger charge is -2.33. The summed E-state index contributed by atoms with van der Waals surface area (Å²) in [5, 5.41) is 0.659. The average Bonchev–Trinajstić information content (AvgIpc) is 2.62. The first-order chi connectivity index (χ1) is 12.0. The Bertz CT molecular complexity index is 664. The lowest BCUT2D eigenvalue weighted by Crippen LogP contribution is -2.47. The minimum absolute atomic E-state index is 0.106. The van der Waals surface area contributed by atoms with Crippen LogP contribution in [0.2, 0.25) is 5.02 Å². The zero-order valence-electron chi connectivity index (χ0n) is 14.3. The van der Waals surface area contributed by atoms with Crippen molar-refractivity contribution < 1.29 is 9.18 Å². The molecular formula is C20H22ClFN2O. The minimum Gasteiger partial charge on any atom is -0.340 e. The van der Waals surface area contributed by atoms with Gasteiger partial charge >= 0.3 is 0 Å². The van der Waals surface area contributed by atoms with Gasteiger partial charge in [-0.25, -0.2) is 4.39 Å². The van der Waals surface area contributed by atoms with E-state index in [-0.39, 0.29) is 17.6 Å². The molecule has 3 nitrogen and oxygen atoms in total. The van der Waals surface area contributed by atoms with Gasteiger partial charge in [-0.15, -0.1) is 0 Å². The van der Waals surface area contributed by atoms with E-state index >= 15 is 0 Å². The summed E-state index contributed by atoms with van der Waals surface area (Å²) in [6.07, 6.45) is 0.372. The Morgan fingerprint density at radius 3 is 2.08 bits per heavy atom. The summed E-state index contributed by atoms with van der Waals surface area (Å²) in [5.74, 6) is -0.244. The zero-order valence-corrected chi connectivity index (χ0v) is 15.0. The number of hydrogen-bond acceptors (Lipinski definition) is 2. The fraction of sp³-hybridized carbons (Fsp3) is 0.350. The van der Waals surface area contributed by atoms with Gasteiger partial charge < -0.3 is 9.80 Å². The normalized spacial score (nSPS) is 16.7. The molecule has 1 aliphatic rings. The predicted molar refractivity (Wildman–Crippen MR) is 98.4 cm³/mol. The van der Waals surface area contributed by atoms with Crippen LogP contribution in [0.4, 0.5) is 4.39 Å². The molecule has 132 valence electrons. The second-order valence-electron chi connectivity index (χ2n) is 6.54. The number of halogens is 2. The van der Waals surface area contributed by atoms with E-state index in [9.17, 15) is 9.18 Å². The molecule has 0 N–H and O–H groups in total. The molecule has 0 aliphatic carbocycles. The van der Waals surface area contributed by atoms with Crippen molar-refractivity contribution in [2.75, 3.05) is 33.2 Å². The van der Waals surface area contributed by atoms with Crippen molar-refractivity contribution in [3.63, 3.8) is 0 Å². The molecule has 1 heterocycles. The summed E-state index contributed by atoms with van der Waals surface area (Å²) in [5.41, 5.74) is 1.95. The number of likely N-dealkylation sites (N-methyl/N-ethyl adjacent to an activating group) is 1. The summed E-state index contributed by atoms with van der Waals surface area (Å²) in [7, 11) is 2.07. The molecule has 0 aromatic heterocycles. The molecule has 1 aliphatic heterocycles. The van der Waals surface area contributed by atoms with Crippen LogP contribution in [-0.4, -0.2) is 48.9 Å². The van der Waals surface area contributed by atoms with Crippen molar-refractivity contribution >= 4 is 17.5 Å². The van der Waals surface area contributed by atoms with Crippen LogP contribution in [0.1, 0.15) is 23.5 Å². The highest BCUT2D eigenvalue weighted by molar-refractivity contribution is 6.30. The van der Waals surface area contributed by atoms with Crippen molar-refractivity contribution in [2.45, 2.75) is 12.3 Å². The van der Waals surface area contributed by atoms with Crippen LogP contribution < -0.4 is 0 Å². The molecule has 2 aromatic rings. The monoisotopic (exact) mass is 360 g/mol. The van der Waals surface area contributed by atoms with Gasteiger partial charge in [0.25, 0.3) is 0 Å². The number of piperazine rings is 1. The SMILES string of the molecule is CN1CCN(C(=O)C[C@H](c2ccc(F)cc2)c2ccc(Cl)cc2)CC1. The second-order valence-corrected chi connectivity index (χ2v) is 6.98. The van der Waals surface area contributed by atoms with E-state index in [0.717, 1.165) is 37.3 Å². The standard InChI is InChI=1S/C20H22ClFN2O/c1-23-10-12-24(13-11-23)20(25)14-19(15-2-6-17(21)7-3-15)16-4-8-18(22)9-5-16/h2-9,19H,10-14H2,1H3/t19-/m0/s1. The molecule has 1 atom stereocenters. The number of benzene rings is 2. The van der Waals surface area contributed by atoms with Gasteiger partial charge in [0.15, 0.2) is 0 Å². The van der Waals surface area contributed by atoms with Crippen LogP contribution in [0, 0.1) is 5.82 Å². The van der Waals surface area contributed by atoms with Crippen LogP contribution in [0.5, 0.6) is 0 Å². The first-order valence-electron chi connectivity index (χ1n) is 8.50. The molecule has 0 unspecified atom stereocenters. The van der Waals surface area contributed by atoms with Crippen molar-refractivity contribution in [3.8, 4) is 0 Å². The number of rotatable bonds is 4. The Hall–Kier alpha value is -1.91. The van der Waals surface area contributed by atoms with Gasteiger partial charge in [0.2, 0.25) is 5.91 Å².